The van der Waals surface area contributed by atoms with Crippen molar-refractivity contribution in [3.63, 3.8) is 0 Å². The molecule has 1 fully saturated rings. The fourth-order valence-electron chi connectivity index (χ4n) is 2.66. The number of nitrogens with two attached hydrogens (primary N) is 2. The number of hydrogen-bond donors (Lipinski definition) is 3. The Morgan fingerprint density at radius 3 is 2.77 bits per heavy atom. The molecule has 5 N–H and O–H groups in total. The van der Waals surface area contributed by atoms with E-state index in [-0.39, 0.29) is 23.8 Å². The smallest absolute Gasteiger partial charge is 0.227 e. The molecule has 0 heterocycles. The van der Waals surface area contributed by atoms with Crippen LogP contribution in [-0.4, -0.2) is 23.6 Å². The lowest BCUT2D eigenvalue weighted by atomic mass is 9.85. The van der Waals surface area contributed by atoms with E-state index in [4.69, 9.17) is 11.5 Å². The second kappa shape index (κ2) is 8.19. The number of rotatable bonds is 6. The van der Waals surface area contributed by atoms with Gasteiger partial charge in [-0.1, -0.05) is 18.6 Å². The molecule has 120 valence electrons. The maximum absolute atomic E-state index is 12.4. The Balaban J connectivity index is 1.96. The summed E-state index contributed by atoms with van der Waals surface area (Å²) in [5, 5.41) is 3.01. The van der Waals surface area contributed by atoms with Crippen LogP contribution >= 0.6 is 11.8 Å². The molecule has 5 nitrogen and oxygen atoms in total. The number of amides is 2. The van der Waals surface area contributed by atoms with E-state index in [0.29, 0.717) is 12.2 Å². The van der Waals surface area contributed by atoms with Gasteiger partial charge in [0.15, 0.2) is 0 Å². The van der Waals surface area contributed by atoms with Crippen LogP contribution in [0.5, 0.6) is 0 Å². The van der Waals surface area contributed by atoms with Gasteiger partial charge in [0, 0.05) is 29.0 Å². The van der Waals surface area contributed by atoms with Crippen LogP contribution in [0.2, 0.25) is 0 Å². The van der Waals surface area contributed by atoms with E-state index < -0.39 is 0 Å². The zero-order chi connectivity index (χ0) is 15.9. The van der Waals surface area contributed by atoms with E-state index in [0.717, 1.165) is 36.3 Å². The van der Waals surface area contributed by atoms with Crippen LogP contribution in [0.1, 0.15) is 32.1 Å². The molecular formula is C16H23N3O2S. The fourth-order valence-corrected chi connectivity index (χ4v) is 3.63. The Hall–Kier alpha value is -1.53. The first-order valence-corrected chi connectivity index (χ1v) is 8.61. The Bertz CT molecular complexity index is 536. The van der Waals surface area contributed by atoms with E-state index >= 15 is 0 Å². The Morgan fingerprint density at radius 2 is 2.05 bits per heavy atom. The van der Waals surface area contributed by atoms with Crippen molar-refractivity contribution in [2.75, 3.05) is 11.1 Å². The van der Waals surface area contributed by atoms with Crippen LogP contribution < -0.4 is 16.8 Å². The number of carbonyl (C=O) groups excluding carboxylic acids is 2. The van der Waals surface area contributed by atoms with Crippen molar-refractivity contribution < 1.29 is 9.59 Å². The van der Waals surface area contributed by atoms with E-state index in [1.54, 1.807) is 0 Å². The van der Waals surface area contributed by atoms with Gasteiger partial charge in [-0.2, -0.15) is 0 Å². The predicted octanol–water partition coefficient (Wildman–Crippen LogP) is 2.11. The van der Waals surface area contributed by atoms with Gasteiger partial charge in [-0.3, -0.25) is 9.59 Å². The van der Waals surface area contributed by atoms with Crippen molar-refractivity contribution in [3.05, 3.63) is 24.3 Å². The average molecular weight is 321 g/mol. The van der Waals surface area contributed by atoms with Crippen molar-refractivity contribution in [2.24, 2.45) is 17.4 Å². The molecule has 1 aromatic rings. The van der Waals surface area contributed by atoms with Crippen LogP contribution in [0.25, 0.3) is 0 Å². The second-order valence-corrected chi connectivity index (χ2v) is 6.81. The quantitative estimate of drug-likeness (QED) is 0.699. The summed E-state index contributed by atoms with van der Waals surface area (Å²) in [6.45, 7) is 0. The number of carbonyl (C=O) groups is 2. The minimum absolute atomic E-state index is 0.00701. The summed E-state index contributed by atoms with van der Waals surface area (Å²) in [5.74, 6) is 0.326. The van der Waals surface area contributed by atoms with Crippen molar-refractivity contribution in [1.82, 2.24) is 0 Å². The lowest BCUT2D eigenvalue weighted by Gasteiger charge is -2.26. The van der Waals surface area contributed by atoms with Gasteiger partial charge in [-0.05, 0) is 31.4 Å². The monoisotopic (exact) mass is 321 g/mol. The van der Waals surface area contributed by atoms with Gasteiger partial charge < -0.3 is 16.8 Å². The molecule has 22 heavy (non-hydrogen) atoms. The molecule has 0 spiro atoms. The molecule has 0 saturated heterocycles. The highest BCUT2D eigenvalue weighted by Gasteiger charge is 2.25. The summed E-state index contributed by atoms with van der Waals surface area (Å²) >= 11 is 1.52. The van der Waals surface area contributed by atoms with Gasteiger partial charge in [0.25, 0.3) is 0 Å². The van der Waals surface area contributed by atoms with Crippen molar-refractivity contribution in [3.8, 4) is 0 Å². The molecular weight excluding hydrogens is 298 g/mol. The third-order valence-corrected chi connectivity index (χ3v) is 4.91. The SMILES string of the molecule is NC(=O)CCSc1ccccc1NC(=O)C1CCCC(N)C1. The molecule has 2 atom stereocenters. The lowest BCUT2D eigenvalue weighted by Crippen LogP contribution is -2.34. The minimum atomic E-state index is -0.315. The minimum Gasteiger partial charge on any atom is -0.370 e. The van der Waals surface area contributed by atoms with Crippen LogP contribution in [0, 0.1) is 5.92 Å². The molecule has 2 rings (SSSR count). The number of benzene rings is 1. The topological polar surface area (TPSA) is 98.2 Å². The highest BCUT2D eigenvalue weighted by molar-refractivity contribution is 7.99. The third kappa shape index (κ3) is 5.03. The highest BCUT2D eigenvalue weighted by atomic mass is 32.2. The van der Waals surface area contributed by atoms with Gasteiger partial charge in [-0.15, -0.1) is 11.8 Å². The third-order valence-electron chi connectivity index (χ3n) is 3.84. The molecule has 2 amide bonds. The van der Waals surface area contributed by atoms with E-state index in [1.807, 2.05) is 24.3 Å². The first-order valence-electron chi connectivity index (χ1n) is 7.63. The number of anilines is 1. The Kier molecular flexibility index (Phi) is 6.27. The van der Waals surface area contributed by atoms with Gasteiger partial charge in [-0.25, -0.2) is 0 Å². The number of para-hydroxylation sites is 1. The zero-order valence-electron chi connectivity index (χ0n) is 12.6. The highest BCUT2D eigenvalue weighted by Crippen LogP contribution is 2.29. The molecule has 6 heteroatoms. The van der Waals surface area contributed by atoms with Crippen molar-refractivity contribution in [1.29, 1.82) is 0 Å². The molecule has 1 aliphatic rings. The average Bonchev–Trinajstić information content (AvgIpc) is 2.48. The molecule has 1 aliphatic carbocycles. The maximum atomic E-state index is 12.4. The van der Waals surface area contributed by atoms with Crippen molar-refractivity contribution in [2.45, 2.75) is 43.0 Å². The summed E-state index contributed by atoms with van der Waals surface area (Å²) in [7, 11) is 0. The maximum Gasteiger partial charge on any atom is 0.227 e. The van der Waals surface area contributed by atoms with Gasteiger partial charge in [0.1, 0.15) is 0 Å². The summed E-state index contributed by atoms with van der Waals surface area (Å²) in [5.41, 5.74) is 11.9. The van der Waals surface area contributed by atoms with Gasteiger partial charge in [0.05, 0.1) is 5.69 Å². The van der Waals surface area contributed by atoms with Crippen LogP contribution in [0.3, 0.4) is 0 Å². The van der Waals surface area contributed by atoms with Gasteiger partial charge in [0.2, 0.25) is 11.8 Å². The Labute approximate surface area is 135 Å². The number of nitrogens with one attached hydrogen (secondary N) is 1. The van der Waals surface area contributed by atoms with E-state index in [2.05, 4.69) is 5.32 Å². The summed E-state index contributed by atoms with van der Waals surface area (Å²) < 4.78 is 0. The van der Waals surface area contributed by atoms with Crippen molar-refractivity contribution >= 4 is 29.3 Å². The lowest BCUT2D eigenvalue weighted by molar-refractivity contribution is -0.121. The molecule has 2 unspecified atom stereocenters. The molecule has 0 radical (unpaired) electrons. The number of primary amides is 1. The predicted molar refractivity (Wildman–Crippen MR) is 89.5 cm³/mol. The second-order valence-electron chi connectivity index (χ2n) is 5.67. The Morgan fingerprint density at radius 1 is 1.27 bits per heavy atom. The first kappa shape index (κ1) is 16.8. The molecule has 1 aromatic carbocycles. The molecule has 0 aromatic heterocycles. The fraction of sp³-hybridized carbons (Fsp3) is 0.500. The number of thioether (sulfide) groups is 1. The summed E-state index contributed by atoms with van der Waals surface area (Å²) in [6, 6.07) is 7.75. The van der Waals surface area contributed by atoms with E-state index in [9.17, 15) is 9.59 Å². The van der Waals surface area contributed by atoms with E-state index in [1.165, 1.54) is 11.8 Å². The summed E-state index contributed by atoms with van der Waals surface area (Å²) in [4.78, 5) is 24.2. The zero-order valence-corrected chi connectivity index (χ0v) is 13.4. The molecule has 0 aliphatic heterocycles. The van der Waals surface area contributed by atoms with Crippen LogP contribution in [0.4, 0.5) is 5.69 Å². The van der Waals surface area contributed by atoms with Crippen LogP contribution in [0.15, 0.2) is 29.2 Å². The largest absolute Gasteiger partial charge is 0.370 e. The summed E-state index contributed by atoms with van der Waals surface area (Å²) in [6.07, 6.45) is 3.99. The first-order chi connectivity index (χ1) is 10.6. The van der Waals surface area contributed by atoms with Gasteiger partial charge >= 0.3 is 0 Å². The normalized spacial score (nSPS) is 21.3. The molecule has 1 saturated carbocycles. The molecule has 0 bridgehead atoms. The standard InChI is InChI=1S/C16H23N3O2S/c17-12-5-3-4-11(10-12)16(21)19-13-6-1-2-7-14(13)22-9-8-15(18)20/h1-2,6-7,11-12H,3-5,8-10,17H2,(H2,18,20)(H,19,21). The number of hydrogen-bond acceptors (Lipinski definition) is 4. The van der Waals surface area contributed by atoms with Crippen LogP contribution in [-0.2, 0) is 9.59 Å².